The van der Waals surface area contributed by atoms with Gasteiger partial charge in [0.25, 0.3) is 5.91 Å². The van der Waals surface area contributed by atoms with Crippen LogP contribution in [0.4, 0.5) is 4.79 Å². The number of carbonyl (C=O) groups excluding carboxylic acids is 3. The van der Waals surface area contributed by atoms with Crippen molar-refractivity contribution in [3.05, 3.63) is 11.6 Å². The Bertz CT molecular complexity index is 569. The van der Waals surface area contributed by atoms with Crippen molar-refractivity contribution in [3.63, 3.8) is 0 Å². The van der Waals surface area contributed by atoms with Gasteiger partial charge in [0, 0.05) is 6.61 Å². The van der Waals surface area contributed by atoms with E-state index in [1.807, 2.05) is 19.9 Å². The fraction of sp³-hybridized carbons (Fsp3) is 0.706. The van der Waals surface area contributed by atoms with Gasteiger partial charge in [-0.05, 0) is 34.1 Å². The zero-order valence-electron chi connectivity index (χ0n) is 15.3. The molecule has 2 atom stereocenters. The number of amides is 4. The topological polar surface area (TPSA) is 97.0 Å². The monoisotopic (exact) mass is 353 g/mol. The first-order chi connectivity index (χ1) is 11.7. The number of hydrogen-bond donors (Lipinski definition) is 2. The summed E-state index contributed by atoms with van der Waals surface area (Å²) in [6, 6.07) is -0.835. The van der Waals surface area contributed by atoms with Gasteiger partial charge in [-0.3, -0.25) is 14.9 Å². The molecular weight excluding hydrogens is 326 g/mol. The van der Waals surface area contributed by atoms with E-state index in [0.29, 0.717) is 26.2 Å². The van der Waals surface area contributed by atoms with Gasteiger partial charge in [-0.1, -0.05) is 11.6 Å². The fourth-order valence-electron chi connectivity index (χ4n) is 2.75. The highest BCUT2D eigenvalue weighted by Crippen LogP contribution is 2.20. The highest BCUT2D eigenvalue weighted by Gasteiger charge is 2.46. The smallest absolute Gasteiger partial charge is 0.325 e. The van der Waals surface area contributed by atoms with Gasteiger partial charge >= 0.3 is 6.03 Å². The van der Waals surface area contributed by atoms with Crippen LogP contribution in [-0.2, 0) is 19.1 Å². The standard InChI is InChI=1S/C17H27N3O5/c1-11(2)5-8-25-13-6-7-24-10-12(13)18-14(21)9-20-16(23)19-15(22)17(20,3)4/h5,12-13H,6-10H2,1-4H3,(H,18,21)(H,19,22,23)/t12-,13+/m0/s1. The lowest BCUT2D eigenvalue weighted by Crippen LogP contribution is -2.55. The molecule has 2 rings (SSSR count). The Labute approximate surface area is 147 Å². The van der Waals surface area contributed by atoms with Crippen LogP contribution in [-0.4, -0.2) is 66.8 Å². The maximum Gasteiger partial charge on any atom is 0.325 e. The van der Waals surface area contributed by atoms with Crippen LogP contribution in [0.15, 0.2) is 11.6 Å². The van der Waals surface area contributed by atoms with Crippen molar-refractivity contribution in [1.29, 1.82) is 0 Å². The second-order valence-corrected chi connectivity index (χ2v) is 7.10. The highest BCUT2D eigenvalue weighted by molar-refractivity contribution is 6.07. The molecule has 2 heterocycles. The summed E-state index contributed by atoms with van der Waals surface area (Å²) in [4.78, 5) is 37.2. The van der Waals surface area contributed by atoms with E-state index in [1.54, 1.807) is 13.8 Å². The molecule has 0 aromatic rings. The normalized spacial score (nSPS) is 25.5. The zero-order chi connectivity index (χ0) is 18.6. The number of urea groups is 1. The molecule has 0 aliphatic carbocycles. The number of allylic oxidation sites excluding steroid dienone is 1. The van der Waals surface area contributed by atoms with Crippen molar-refractivity contribution < 1.29 is 23.9 Å². The number of hydrogen-bond acceptors (Lipinski definition) is 5. The maximum atomic E-state index is 12.4. The minimum Gasteiger partial charge on any atom is -0.379 e. The van der Waals surface area contributed by atoms with Crippen LogP contribution in [0, 0.1) is 0 Å². The van der Waals surface area contributed by atoms with E-state index in [-0.39, 0.29) is 24.6 Å². The van der Waals surface area contributed by atoms with Crippen molar-refractivity contribution >= 4 is 17.8 Å². The Morgan fingerprint density at radius 2 is 2.16 bits per heavy atom. The Hall–Kier alpha value is -1.93. The molecule has 8 nitrogen and oxygen atoms in total. The third kappa shape index (κ3) is 4.79. The Balaban J connectivity index is 1.92. The number of imide groups is 1. The van der Waals surface area contributed by atoms with Crippen molar-refractivity contribution in [2.45, 2.75) is 51.8 Å². The van der Waals surface area contributed by atoms with Crippen LogP contribution in [0.25, 0.3) is 0 Å². The lowest BCUT2D eigenvalue weighted by atomic mass is 10.0. The number of ether oxygens (including phenoxy) is 2. The molecule has 2 fully saturated rings. The van der Waals surface area contributed by atoms with Crippen LogP contribution in [0.3, 0.4) is 0 Å². The van der Waals surface area contributed by atoms with Gasteiger partial charge in [0.1, 0.15) is 12.1 Å². The Kier molecular flexibility index (Phi) is 6.18. The van der Waals surface area contributed by atoms with Gasteiger partial charge in [0.15, 0.2) is 0 Å². The third-order valence-corrected chi connectivity index (χ3v) is 4.44. The summed E-state index contributed by atoms with van der Waals surface area (Å²) < 4.78 is 11.3. The van der Waals surface area contributed by atoms with Gasteiger partial charge < -0.3 is 19.7 Å². The second-order valence-electron chi connectivity index (χ2n) is 7.10. The summed E-state index contributed by atoms with van der Waals surface area (Å²) in [5.74, 6) is -0.751. The van der Waals surface area contributed by atoms with E-state index >= 15 is 0 Å². The fourth-order valence-corrected chi connectivity index (χ4v) is 2.75. The van der Waals surface area contributed by atoms with Crippen molar-refractivity contribution in [1.82, 2.24) is 15.5 Å². The molecule has 2 N–H and O–H groups in total. The van der Waals surface area contributed by atoms with Crippen molar-refractivity contribution in [3.8, 4) is 0 Å². The first-order valence-corrected chi connectivity index (χ1v) is 8.47. The molecular formula is C17H27N3O5. The summed E-state index contributed by atoms with van der Waals surface area (Å²) in [6.45, 7) is 8.44. The number of rotatable bonds is 6. The van der Waals surface area contributed by atoms with Crippen molar-refractivity contribution in [2.24, 2.45) is 0 Å². The van der Waals surface area contributed by atoms with E-state index in [1.165, 1.54) is 10.5 Å². The average Bonchev–Trinajstić information content (AvgIpc) is 2.71. The van der Waals surface area contributed by atoms with Gasteiger partial charge in [0.2, 0.25) is 5.91 Å². The van der Waals surface area contributed by atoms with Gasteiger partial charge in [-0.25, -0.2) is 4.79 Å². The van der Waals surface area contributed by atoms with Gasteiger partial charge in [-0.2, -0.15) is 0 Å². The largest absolute Gasteiger partial charge is 0.379 e. The quantitative estimate of drug-likeness (QED) is 0.538. The summed E-state index contributed by atoms with van der Waals surface area (Å²) >= 11 is 0. The van der Waals surface area contributed by atoms with E-state index in [4.69, 9.17) is 9.47 Å². The SMILES string of the molecule is CC(C)=CCO[C@@H]1CCOC[C@@H]1NC(=O)CN1C(=O)NC(=O)C1(C)C. The third-order valence-electron chi connectivity index (χ3n) is 4.44. The molecule has 2 aliphatic heterocycles. The molecule has 0 aromatic carbocycles. The van der Waals surface area contributed by atoms with Gasteiger partial charge in [-0.15, -0.1) is 0 Å². The lowest BCUT2D eigenvalue weighted by molar-refractivity contribution is -0.129. The molecule has 2 saturated heterocycles. The summed E-state index contributed by atoms with van der Waals surface area (Å²) in [5, 5.41) is 5.09. The summed E-state index contributed by atoms with van der Waals surface area (Å²) in [5.41, 5.74) is 0.121. The number of carbonyl (C=O) groups is 3. The van der Waals surface area contributed by atoms with Crippen LogP contribution in [0.2, 0.25) is 0 Å². The van der Waals surface area contributed by atoms with E-state index in [2.05, 4.69) is 10.6 Å². The average molecular weight is 353 g/mol. The first-order valence-electron chi connectivity index (χ1n) is 8.47. The molecule has 0 spiro atoms. The molecule has 4 amide bonds. The molecule has 2 aliphatic rings. The zero-order valence-corrected chi connectivity index (χ0v) is 15.3. The first kappa shape index (κ1) is 19.4. The predicted octanol–water partition coefficient (Wildman–Crippen LogP) is 0.573. The highest BCUT2D eigenvalue weighted by atomic mass is 16.5. The van der Waals surface area contributed by atoms with E-state index in [9.17, 15) is 14.4 Å². The minimum atomic E-state index is -1.04. The predicted molar refractivity (Wildman–Crippen MR) is 90.9 cm³/mol. The molecule has 0 saturated carbocycles. The van der Waals surface area contributed by atoms with Crippen LogP contribution >= 0.6 is 0 Å². The molecule has 25 heavy (non-hydrogen) atoms. The molecule has 0 unspecified atom stereocenters. The number of nitrogens with zero attached hydrogens (tertiary/aromatic N) is 1. The molecule has 140 valence electrons. The Morgan fingerprint density at radius 1 is 1.44 bits per heavy atom. The van der Waals surface area contributed by atoms with Crippen LogP contribution < -0.4 is 10.6 Å². The lowest BCUT2D eigenvalue weighted by Gasteiger charge is -2.33. The number of nitrogens with one attached hydrogen (secondary N) is 2. The molecule has 0 aromatic heterocycles. The molecule has 8 heteroatoms. The molecule has 0 bridgehead atoms. The van der Waals surface area contributed by atoms with Crippen LogP contribution in [0.5, 0.6) is 0 Å². The maximum absolute atomic E-state index is 12.4. The van der Waals surface area contributed by atoms with Gasteiger partial charge in [0.05, 0.1) is 25.4 Å². The summed E-state index contributed by atoms with van der Waals surface area (Å²) in [6.07, 6.45) is 2.53. The molecule has 0 radical (unpaired) electrons. The van der Waals surface area contributed by atoms with E-state index in [0.717, 1.165) is 0 Å². The minimum absolute atomic E-state index is 0.143. The second kappa shape index (κ2) is 7.97. The van der Waals surface area contributed by atoms with Crippen LogP contribution in [0.1, 0.15) is 34.1 Å². The Morgan fingerprint density at radius 3 is 2.76 bits per heavy atom. The summed E-state index contributed by atoms with van der Waals surface area (Å²) in [7, 11) is 0. The van der Waals surface area contributed by atoms with E-state index < -0.39 is 17.5 Å². The van der Waals surface area contributed by atoms with Crippen molar-refractivity contribution in [2.75, 3.05) is 26.4 Å².